The largest absolute Gasteiger partial charge is 0.397 e. The molecular weight excluding hydrogens is 214 g/mol. The van der Waals surface area contributed by atoms with E-state index in [4.69, 9.17) is 5.73 Å². The van der Waals surface area contributed by atoms with Gasteiger partial charge in [-0.15, -0.1) is 0 Å². The maximum absolute atomic E-state index is 10.4. The van der Waals surface area contributed by atoms with Gasteiger partial charge in [0.2, 0.25) is 0 Å². The Morgan fingerprint density at radius 1 is 1.47 bits per heavy atom. The molecule has 1 saturated carbocycles. The molecule has 4 nitrogen and oxygen atoms in total. The standard InChI is InChI=1S/C13H21N3O/c1-10-4-6-13(17,7-5-10)9-16-12-3-2-11(14)8-15-12/h2-3,8,10,17H,4-7,9,14H2,1H3,(H,15,16). The summed E-state index contributed by atoms with van der Waals surface area (Å²) in [7, 11) is 0. The molecule has 1 aromatic rings. The Morgan fingerprint density at radius 2 is 2.18 bits per heavy atom. The highest BCUT2D eigenvalue weighted by Gasteiger charge is 2.31. The van der Waals surface area contributed by atoms with Gasteiger partial charge in [-0.25, -0.2) is 4.98 Å². The molecule has 4 heteroatoms. The second-order valence-electron chi connectivity index (χ2n) is 5.24. The number of rotatable bonds is 3. The second-order valence-corrected chi connectivity index (χ2v) is 5.24. The molecule has 0 aromatic carbocycles. The Bertz CT molecular complexity index is 355. The Labute approximate surface area is 102 Å². The first kappa shape index (κ1) is 12.2. The zero-order valence-electron chi connectivity index (χ0n) is 10.3. The third-order valence-electron chi connectivity index (χ3n) is 3.59. The van der Waals surface area contributed by atoms with Crippen molar-refractivity contribution in [1.82, 2.24) is 4.98 Å². The van der Waals surface area contributed by atoms with Gasteiger partial charge in [0.15, 0.2) is 0 Å². The molecule has 0 atom stereocenters. The number of aliphatic hydroxyl groups is 1. The predicted octanol–water partition coefficient (Wildman–Crippen LogP) is 2.02. The number of pyridine rings is 1. The summed E-state index contributed by atoms with van der Waals surface area (Å²) in [6.07, 6.45) is 5.57. The van der Waals surface area contributed by atoms with Gasteiger partial charge in [-0.3, -0.25) is 0 Å². The lowest BCUT2D eigenvalue weighted by Crippen LogP contribution is -2.40. The molecule has 0 radical (unpaired) electrons. The number of aromatic nitrogens is 1. The summed E-state index contributed by atoms with van der Waals surface area (Å²) < 4.78 is 0. The number of nitrogens with one attached hydrogen (secondary N) is 1. The minimum Gasteiger partial charge on any atom is -0.397 e. The highest BCUT2D eigenvalue weighted by atomic mass is 16.3. The van der Waals surface area contributed by atoms with Crippen molar-refractivity contribution in [3.05, 3.63) is 18.3 Å². The normalized spacial score (nSPS) is 28.9. The minimum absolute atomic E-state index is 0.566. The molecule has 17 heavy (non-hydrogen) atoms. The fourth-order valence-corrected chi connectivity index (χ4v) is 2.24. The minimum atomic E-state index is -0.574. The van der Waals surface area contributed by atoms with Crippen LogP contribution in [0.3, 0.4) is 0 Å². The maximum atomic E-state index is 10.4. The molecule has 0 saturated heterocycles. The lowest BCUT2D eigenvalue weighted by atomic mass is 9.79. The Morgan fingerprint density at radius 3 is 2.76 bits per heavy atom. The maximum Gasteiger partial charge on any atom is 0.126 e. The molecule has 4 N–H and O–H groups in total. The summed E-state index contributed by atoms with van der Waals surface area (Å²) in [6.45, 7) is 2.81. The fraction of sp³-hybridized carbons (Fsp3) is 0.615. The van der Waals surface area contributed by atoms with Crippen molar-refractivity contribution in [2.45, 2.75) is 38.2 Å². The van der Waals surface area contributed by atoms with Crippen LogP contribution in [0.15, 0.2) is 18.3 Å². The topological polar surface area (TPSA) is 71.2 Å². The van der Waals surface area contributed by atoms with Crippen molar-refractivity contribution in [2.24, 2.45) is 5.92 Å². The van der Waals surface area contributed by atoms with Crippen LogP contribution in [-0.2, 0) is 0 Å². The van der Waals surface area contributed by atoms with Crippen molar-refractivity contribution in [3.8, 4) is 0 Å². The van der Waals surface area contributed by atoms with Gasteiger partial charge in [0.25, 0.3) is 0 Å². The molecule has 1 aliphatic rings. The van der Waals surface area contributed by atoms with Crippen LogP contribution in [-0.4, -0.2) is 22.2 Å². The van der Waals surface area contributed by atoms with Gasteiger partial charge >= 0.3 is 0 Å². The summed E-state index contributed by atoms with van der Waals surface area (Å²) in [5.41, 5.74) is 5.65. The lowest BCUT2D eigenvalue weighted by molar-refractivity contribution is 0.00495. The van der Waals surface area contributed by atoms with Gasteiger partial charge in [0.05, 0.1) is 17.5 Å². The van der Waals surface area contributed by atoms with E-state index in [-0.39, 0.29) is 0 Å². The first-order chi connectivity index (χ1) is 8.07. The number of anilines is 2. The first-order valence-corrected chi connectivity index (χ1v) is 6.25. The van der Waals surface area contributed by atoms with Crippen LogP contribution in [0.4, 0.5) is 11.5 Å². The van der Waals surface area contributed by atoms with E-state index in [0.29, 0.717) is 12.2 Å². The SMILES string of the molecule is CC1CCC(O)(CNc2ccc(N)cn2)CC1. The zero-order chi connectivity index (χ0) is 12.3. The number of hydrogen-bond donors (Lipinski definition) is 3. The van der Waals surface area contributed by atoms with Crippen molar-refractivity contribution >= 4 is 11.5 Å². The van der Waals surface area contributed by atoms with Crippen LogP contribution in [0.1, 0.15) is 32.6 Å². The van der Waals surface area contributed by atoms with Gasteiger partial charge in [0.1, 0.15) is 5.82 Å². The van der Waals surface area contributed by atoms with E-state index in [9.17, 15) is 5.11 Å². The molecule has 94 valence electrons. The number of nitrogens with zero attached hydrogens (tertiary/aromatic N) is 1. The highest BCUT2D eigenvalue weighted by molar-refractivity contribution is 5.43. The van der Waals surface area contributed by atoms with Crippen LogP contribution in [0.25, 0.3) is 0 Å². The smallest absolute Gasteiger partial charge is 0.126 e. The molecule has 0 amide bonds. The number of hydrogen-bond acceptors (Lipinski definition) is 4. The Hall–Kier alpha value is -1.29. The summed E-state index contributed by atoms with van der Waals surface area (Å²) in [5.74, 6) is 1.51. The van der Waals surface area contributed by atoms with Crippen LogP contribution >= 0.6 is 0 Å². The molecule has 1 aromatic heterocycles. The third kappa shape index (κ3) is 3.33. The highest BCUT2D eigenvalue weighted by Crippen LogP contribution is 2.31. The molecule has 0 bridgehead atoms. The summed E-state index contributed by atoms with van der Waals surface area (Å²) in [4.78, 5) is 4.16. The second kappa shape index (κ2) is 4.92. The van der Waals surface area contributed by atoms with E-state index in [2.05, 4.69) is 17.2 Å². The van der Waals surface area contributed by atoms with E-state index in [0.717, 1.165) is 37.4 Å². The fourth-order valence-electron chi connectivity index (χ4n) is 2.24. The van der Waals surface area contributed by atoms with E-state index in [1.807, 2.05) is 12.1 Å². The van der Waals surface area contributed by atoms with E-state index < -0.39 is 5.60 Å². The monoisotopic (exact) mass is 235 g/mol. The molecule has 0 spiro atoms. The zero-order valence-corrected chi connectivity index (χ0v) is 10.3. The van der Waals surface area contributed by atoms with E-state index in [1.165, 1.54) is 0 Å². The van der Waals surface area contributed by atoms with Gasteiger partial charge in [-0.1, -0.05) is 6.92 Å². The number of nitrogens with two attached hydrogens (primary N) is 1. The van der Waals surface area contributed by atoms with E-state index >= 15 is 0 Å². The van der Waals surface area contributed by atoms with Crippen LogP contribution in [0.2, 0.25) is 0 Å². The van der Waals surface area contributed by atoms with Crippen molar-refractivity contribution in [1.29, 1.82) is 0 Å². The number of nitrogen functional groups attached to an aromatic ring is 1. The van der Waals surface area contributed by atoms with Gasteiger partial charge in [-0.2, -0.15) is 0 Å². The molecule has 0 aliphatic heterocycles. The molecular formula is C13H21N3O. The Kier molecular flexibility index (Phi) is 3.52. The average molecular weight is 235 g/mol. The van der Waals surface area contributed by atoms with Crippen molar-refractivity contribution < 1.29 is 5.11 Å². The molecule has 1 aliphatic carbocycles. The van der Waals surface area contributed by atoms with Gasteiger partial charge < -0.3 is 16.2 Å². The predicted molar refractivity (Wildman–Crippen MR) is 69.7 cm³/mol. The average Bonchev–Trinajstić information content (AvgIpc) is 2.33. The molecule has 2 rings (SSSR count). The van der Waals surface area contributed by atoms with Gasteiger partial charge in [0, 0.05) is 6.54 Å². The third-order valence-corrected chi connectivity index (χ3v) is 3.59. The Balaban J connectivity index is 1.87. The summed E-state index contributed by atoms with van der Waals surface area (Å²) in [6, 6.07) is 3.65. The van der Waals surface area contributed by atoms with E-state index in [1.54, 1.807) is 6.20 Å². The van der Waals surface area contributed by atoms with Crippen LogP contribution in [0.5, 0.6) is 0 Å². The molecule has 1 heterocycles. The van der Waals surface area contributed by atoms with Crippen LogP contribution in [0, 0.1) is 5.92 Å². The first-order valence-electron chi connectivity index (χ1n) is 6.25. The van der Waals surface area contributed by atoms with Gasteiger partial charge in [-0.05, 0) is 43.7 Å². The van der Waals surface area contributed by atoms with Crippen LogP contribution < -0.4 is 11.1 Å². The molecule has 0 unspecified atom stereocenters. The summed E-state index contributed by atoms with van der Waals surface area (Å²) in [5, 5.41) is 13.6. The molecule has 1 fully saturated rings. The van der Waals surface area contributed by atoms with Crippen molar-refractivity contribution in [3.63, 3.8) is 0 Å². The summed E-state index contributed by atoms with van der Waals surface area (Å²) >= 11 is 0. The quantitative estimate of drug-likeness (QED) is 0.749. The lowest BCUT2D eigenvalue weighted by Gasteiger charge is -2.35. The van der Waals surface area contributed by atoms with Crippen molar-refractivity contribution in [2.75, 3.05) is 17.6 Å².